The summed E-state index contributed by atoms with van der Waals surface area (Å²) in [4.78, 5) is 4.30. The number of hydrogen-bond donors (Lipinski definition) is 2. The van der Waals surface area contributed by atoms with Crippen molar-refractivity contribution in [1.82, 2.24) is 10.3 Å². The molecular formula is C18H18Br2FN3OS. The third-order valence-electron chi connectivity index (χ3n) is 4.53. The van der Waals surface area contributed by atoms with Crippen LogP contribution in [0.15, 0.2) is 45.5 Å². The van der Waals surface area contributed by atoms with Gasteiger partial charge >= 0.3 is 0 Å². The number of ether oxygens (including phenoxy) is 1. The van der Waals surface area contributed by atoms with Crippen LogP contribution >= 0.6 is 44.1 Å². The molecule has 2 N–H and O–H groups in total. The van der Waals surface area contributed by atoms with Gasteiger partial charge in [-0.3, -0.25) is 0 Å². The molecule has 0 radical (unpaired) electrons. The van der Waals surface area contributed by atoms with E-state index in [9.17, 15) is 4.39 Å². The first-order valence-electron chi connectivity index (χ1n) is 8.18. The fourth-order valence-electron chi connectivity index (χ4n) is 3.04. The maximum atomic E-state index is 13.3. The van der Waals surface area contributed by atoms with E-state index < -0.39 is 0 Å². The SMILES string of the molecule is Fc1ccc(C2(CNC(=S)Nc3ncc(Br)cc3Br)CCOCC2)cc1. The summed E-state index contributed by atoms with van der Waals surface area (Å²) in [5.74, 6) is 0.417. The summed E-state index contributed by atoms with van der Waals surface area (Å²) < 4.78 is 20.5. The fourth-order valence-corrected chi connectivity index (χ4v) is 4.30. The van der Waals surface area contributed by atoms with Crippen LogP contribution in [0.5, 0.6) is 0 Å². The lowest BCUT2D eigenvalue weighted by atomic mass is 9.74. The highest BCUT2D eigenvalue weighted by atomic mass is 79.9. The third kappa shape index (κ3) is 4.79. The second-order valence-electron chi connectivity index (χ2n) is 6.19. The Labute approximate surface area is 174 Å². The highest BCUT2D eigenvalue weighted by molar-refractivity contribution is 9.11. The Hall–Kier alpha value is -1.09. The van der Waals surface area contributed by atoms with Gasteiger partial charge in [-0.15, -0.1) is 0 Å². The van der Waals surface area contributed by atoms with Crippen molar-refractivity contribution in [3.05, 3.63) is 56.9 Å². The van der Waals surface area contributed by atoms with Crippen LogP contribution in [0.1, 0.15) is 18.4 Å². The van der Waals surface area contributed by atoms with Gasteiger partial charge in [0.2, 0.25) is 0 Å². The summed E-state index contributed by atoms with van der Waals surface area (Å²) in [5.41, 5.74) is 0.961. The molecule has 0 bridgehead atoms. The highest BCUT2D eigenvalue weighted by Gasteiger charge is 2.34. The maximum Gasteiger partial charge on any atom is 0.172 e. The van der Waals surface area contributed by atoms with Gasteiger partial charge in [-0.25, -0.2) is 9.37 Å². The molecule has 1 aliphatic rings. The van der Waals surface area contributed by atoms with Crippen LogP contribution in [0, 0.1) is 5.82 Å². The maximum absolute atomic E-state index is 13.3. The third-order valence-corrected chi connectivity index (χ3v) is 5.82. The first-order chi connectivity index (χ1) is 12.5. The molecule has 0 saturated carbocycles. The molecule has 138 valence electrons. The summed E-state index contributed by atoms with van der Waals surface area (Å²) in [5, 5.41) is 6.89. The van der Waals surface area contributed by atoms with Crippen LogP contribution in [0.3, 0.4) is 0 Å². The quantitative estimate of drug-likeness (QED) is 0.589. The Morgan fingerprint density at radius 2 is 1.92 bits per heavy atom. The van der Waals surface area contributed by atoms with Gasteiger partial charge in [0.05, 0.1) is 4.47 Å². The molecule has 0 unspecified atom stereocenters. The Balaban J connectivity index is 1.69. The lowest BCUT2D eigenvalue weighted by Gasteiger charge is -2.38. The minimum atomic E-state index is -0.229. The summed E-state index contributed by atoms with van der Waals surface area (Å²) in [6.45, 7) is 2.00. The van der Waals surface area contributed by atoms with E-state index in [1.807, 2.05) is 18.2 Å². The summed E-state index contributed by atoms with van der Waals surface area (Å²) >= 11 is 12.3. The largest absolute Gasteiger partial charge is 0.381 e. The second-order valence-corrected chi connectivity index (χ2v) is 8.37. The van der Waals surface area contributed by atoms with Crippen molar-refractivity contribution in [3.63, 3.8) is 0 Å². The average Bonchev–Trinajstić information content (AvgIpc) is 2.64. The van der Waals surface area contributed by atoms with Crippen LogP contribution in [0.4, 0.5) is 10.2 Å². The van der Waals surface area contributed by atoms with Gasteiger partial charge in [0.25, 0.3) is 0 Å². The van der Waals surface area contributed by atoms with Crippen LogP contribution < -0.4 is 10.6 Å². The molecule has 26 heavy (non-hydrogen) atoms. The van der Waals surface area contributed by atoms with E-state index >= 15 is 0 Å². The monoisotopic (exact) mass is 501 g/mol. The first-order valence-corrected chi connectivity index (χ1v) is 10.2. The van der Waals surface area contributed by atoms with Crippen LogP contribution in [0.2, 0.25) is 0 Å². The van der Waals surface area contributed by atoms with E-state index in [0.29, 0.717) is 30.7 Å². The smallest absolute Gasteiger partial charge is 0.172 e. The number of halogens is 3. The molecule has 0 atom stereocenters. The van der Waals surface area contributed by atoms with Gasteiger partial charge in [-0.2, -0.15) is 0 Å². The van der Waals surface area contributed by atoms with Gasteiger partial charge < -0.3 is 15.4 Å². The predicted molar refractivity (Wildman–Crippen MR) is 112 cm³/mol. The van der Waals surface area contributed by atoms with Gasteiger partial charge in [-0.1, -0.05) is 12.1 Å². The predicted octanol–water partition coefficient (Wildman–Crippen LogP) is 4.78. The van der Waals surface area contributed by atoms with Gasteiger partial charge in [0, 0.05) is 35.8 Å². The molecule has 1 saturated heterocycles. The van der Waals surface area contributed by atoms with Crippen LogP contribution in [-0.2, 0) is 10.2 Å². The molecule has 0 spiro atoms. The van der Waals surface area contributed by atoms with Crippen LogP contribution in [0.25, 0.3) is 0 Å². The van der Waals surface area contributed by atoms with Crippen molar-refractivity contribution in [2.75, 3.05) is 25.1 Å². The summed E-state index contributed by atoms with van der Waals surface area (Å²) in [6, 6.07) is 8.62. The zero-order chi connectivity index (χ0) is 18.6. The number of thiocarbonyl (C=S) groups is 1. The van der Waals surface area contributed by atoms with Gasteiger partial charge in [0.1, 0.15) is 11.6 Å². The number of benzene rings is 1. The minimum absolute atomic E-state index is 0.137. The molecule has 2 heterocycles. The molecule has 1 aromatic carbocycles. The summed E-state index contributed by atoms with van der Waals surface area (Å²) in [7, 11) is 0. The van der Waals surface area contributed by atoms with E-state index in [0.717, 1.165) is 27.4 Å². The van der Waals surface area contributed by atoms with Crippen molar-refractivity contribution < 1.29 is 9.13 Å². The fraction of sp³-hybridized carbons (Fsp3) is 0.333. The zero-order valence-electron chi connectivity index (χ0n) is 13.9. The molecule has 0 amide bonds. The summed E-state index contributed by atoms with van der Waals surface area (Å²) in [6.07, 6.45) is 3.41. The topological polar surface area (TPSA) is 46.2 Å². The van der Waals surface area contributed by atoms with Gasteiger partial charge in [0.15, 0.2) is 5.11 Å². The second kappa shape index (κ2) is 8.73. The molecule has 8 heteroatoms. The van der Waals surface area contributed by atoms with E-state index in [2.05, 4.69) is 47.5 Å². The molecule has 1 fully saturated rings. The number of rotatable bonds is 4. The number of pyridine rings is 1. The number of anilines is 1. The van der Waals surface area contributed by atoms with Crippen molar-refractivity contribution >= 4 is 55.0 Å². The van der Waals surface area contributed by atoms with E-state index in [-0.39, 0.29) is 11.2 Å². The normalized spacial score (nSPS) is 16.1. The Bertz CT molecular complexity index is 783. The molecule has 0 aliphatic carbocycles. The lowest BCUT2D eigenvalue weighted by Crippen LogP contribution is -2.45. The highest BCUT2D eigenvalue weighted by Crippen LogP contribution is 2.34. The Morgan fingerprint density at radius 3 is 2.58 bits per heavy atom. The molecule has 4 nitrogen and oxygen atoms in total. The van der Waals surface area contributed by atoms with E-state index in [4.69, 9.17) is 17.0 Å². The van der Waals surface area contributed by atoms with Crippen molar-refractivity contribution in [2.24, 2.45) is 0 Å². The number of nitrogens with one attached hydrogen (secondary N) is 2. The molecular weight excluding hydrogens is 485 g/mol. The standard InChI is InChI=1S/C18H18Br2FN3OS/c19-13-9-15(20)16(22-10-13)24-17(26)23-11-18(5-7-25-8-6-18)12-1-3-14(21)4-2-12/h1-4,9-10H,5-8,11H2,(H2,22,23,24,26). The lowest BCUT2D eigenvalue weighted by molar-refractivity contribution is 0.0515. The number of aromatic nitrogens is 1. The van der Waals surface area contributed by atoms with Crippen molar-refractivity contribution in [3.8, 4) is 0 Å². The van der Waals surface area contributed by atoms with Crippen molar-refractivity contribution in [1.29, 1.82) is 0 Å². The molecule has 1 aromatic heterocycles. The molecule has 3 rings (SSSR count). The van der Waals surface area contributed by atoms with Crippen molar-refractivity contribution in [2.45, 2.75) is 18.3 Å². The Morgan fingerprint density at radius 1 is 1.23 bits per heavy atom. The van der Waals surface area contributed by atoms with Gasteiger partial charge in [-0.05, 0) is 80.7 Å². The van der Waals surface area contributed by atoms with E-state index in [1.54, 1.807) is 6.20 Å². The molecule has 1 aliphatic heterocycles. The average molecular weight is 503 g/mol. The zero-order valence-corrected chi connectivity index (χ0v) is 17.9. The number of nitrogens with zero attached hydrogens (tertiary/aromatic N) is 1. The Kier molecular flexibility index (Phi) is 6.60. The first kappa shape index (κ1) is 19.7. The van der Waals surface area contributed by atoms with E-state index in [1.165, 1.54) is 12.1 Å². The van der Waals surface area contributed by atoms with Crippen LogP contribution in [-0.4, -0.2) is 29.9 Å². The minimum Gasteiger partial charge on any atom is -0.381 e. The number of hydrogen-bond acceptors (Lipinski definition) is 3. The molecule has 2 aromatic rings.